The summed E-state index contributed by atoms with van der Waals surface area (Å²) in [5.41, 5.74) is 0. The van der Waals surface area contributed by atoms with Gasteiger partial charge in [0.1, 0.15) is 0 Å². The Morgan fingerprint density at radius 1 is 1.64 bits per heavy atom. The first-order chi connectivity index (χ1) is 5.25. The first-order valence-electron chi connectivity index (χ1n) is 3.50. The van der Waals surface area contributed by atoms with E-state index in [0.29, 0.717) is 6.54 Å². The lowest BCUT2D eigenvalue weighted by Crippen LogP contribution is -2.02. The SMILES string of the molecule is CCCCn1nnc(Cl)c1F. The normalized spacial score (nSPS) is 10.5. The van der Waals surface area contributed by atoms with Gasteiger partial charge in [-0.1, -0.05) is 30.2 Å². The van der Waals surface area contributed by atoms with Crippen molar-refractivity contribution < 1.29 is 4.39 Å². The third-order valence-electron chi connectivity index (χ3n) is 1.36. The van der Waals surface area contributed by atoms with Crippen molar-refractivity contribution >= 4 is 11.6 Å². The van der Waals surface area contributed by atoms with Crippen molar-refractivity contribution in [3.63, 3.8) is 0 Å². The number of halogens is 2. The number of aromatic nitrogens is 3. The van der Waals surface area contributed by atoms with Gasteiger partial charge in [0.2, 0.25) is 5.15 Å². The first kappa shape index (κ1) is 8.46. The lowest BCUT2D eigenvalue weighted by Gasteiger charge is -1.96. The lowest BCUT2D eigenvalue weighted by molar-refractivity contribution is 0.439. The second-order valence-electron chi connectivity index (χ2n) is 2.25. The van der Waals surface area contributed by atoms with Crippen LogP contribution in [0.1, 0.15) is 19.8 Å². The fourth-order valence-electron chi connectivity index (χ4n) is 0.731. The molecule has 5 heteroatoms. The summed E-state index contributed by atoms with van der Waals surface area (Å²) >= 11 is 5.34. The molecule has 0 unspecified atom stereocenters. The summed E-state index contributed by atoms with van der Waals surface area (Å²) in [5, 5.41) is 6.73. The summed E-state index contributed by atoms with van der Waals surface area (Å²) in [6.45, 7) is 2.57. The van der Waals surface area contributed by atoms with Crippen LogP contribution in [0.15, 0.2) is 0 Å². The van der Waals surface area contributed by atoms with Crippen molar-refractivity contribution in [2.45, 2.75) is 26.3 Å². The number of hydrogen-bond acceptors (Lipinski definition) is 2. The molecule has 11 heavy (non-hydrogen) atoms. The summed E-state index contributed by atoms with van der Waals surface area (Å²) in [7, 11) is 0. The molecule has 0 aliphatic carbocycles. The highest BCUT2D eigenvalue weighted by atomic mass is 35.5. The summed E-state index contributed by atoms with van der Waals surface area (Å²) in [4.78, 5) is 0. The van der Waals surface area contributed by atoms with Crippen LogP contribution in [0.4, 0.5) is 4.39 Å². The van der Waals surface area contributed by atoms with Crippen molar-refractivity contribution in [2.75, 3.05) is 0 Å². The van der Waals surface area contributed by atoms with Crippen LogP contribution in [-0.2, 0) is 6.54 Å². The van der Waals surface area contributed by atoms with E-state index in [1.54, 1.807) is 0 Å². The number of hydrogen-bond donors (Lipinski definition) is 0. The highest BCUT2D eigenvalue weighted by Crippen LogP contribution is 2.09. The van der Waals surface area contributed by atoms with E-state index >= 15 is 0 Å². The number of aryl methyl sites for hydroxylation is 1. The minimum atomic E-state index is -0.542. The molecule has 0 radical (unpaired) electrons. The third-order valence-corrected chi connectivity index (χ3v) is 1.59. The standard InChI is InChI=1S/C6H9ClFN3/c1-2-3-4-11-6(8)5(7)9-10-11/h2-4H2,1H3. The highest BCUT2D eigenvalue weighted by Gasteiger charge is 2.08. The molecule has 1 heterocycles. The van der Waals surface area contributed by atoms with Gasteiger partial charge in [0.05, 0.1) is 0 Å². The van der Waals surface area contributed by atoms with Gasteiger partial charge in [-0.3, -0.25) is 0 Å². The summed E-state index contributed by atoms with van der Waals surface area (Å²) in [5.74, 6) is -0.542. The van der Waals surface area contributed by atoms with Crippen molar-refractivity contribution in [3.05, 3.63) is 11.1 Å². The molecular weight excluding hydrogens is 169 g/mol. The van der Waals surface area contributed by atoms with Crippen molar-refractivity contribution in [3.8, 4) is 0 Å². The molecule has 0 N–H and O–H groups in total. The van der Waals surface area contributed by atoms with E-state index in [1.807, 2.05) is 6.92 Å². The average molecular weight is 178 g/mol. The van der Waals surface area contributed by atoms with E-state index in [9.17, 15) is 4.39 Å². The fourth-order valence-corrected chi connectivity index (χ4v) is 0.862. The average Bonchev–Trinajstić information content (AvgIpc) is 2.31. The zero-order chi connectivity index (χ0) is 8.27. The Labute approximate surface area is 69.2 Å². The van der Waals surface area contributed by atoms with Crippen molar-refractivity contribution in [1.29, 1.82) is 0 Å². The number of unbranched alkanes of at least 4 members (excludes halogenated alkanes) is 1. The molecule has 62 valence electrons. The molecule has 0 saturated heterocycles. The van der Waals surface area contributed by atoms with Crippen molar-refractivity contribution in [1.82, 2.24) is 15.0 Å². The Hall–Kier alpha value is -0.640. The van der Waals surface area contributed by atoms with Gasteiger partial charge < -0.3 is 0 Å². The quantitative estimate of drug-likeness (QED) is 0.706. The Morgan fingerprint density at radius 2 is 2.36 bits per heavy atom. The van der Waals surface area contributed by atoms with Crippen LogP contribution >= 0.6 is 11.6 Å². The van der Waals surface area contributed by atoms with E-state index in [1.165, 1.54) is 4.68 Å². The fraction of sp³-hybridized carbons (Fsp3) is 0.667. The smallest absolute Gasteiger partial charge is 0.218 e. The molecule has 0 amide bonds. The predicted molar refractivity (Wildman–Crippen MR) is 39.9 cm³/mol. The molecule has 0 atom stereocenters. The topological polar surface area (TPSA) is 30.7 Å². The van der Waals surface area contributed by atoms with Gasteiger partial charge in [0.25, 0.3) is 5.95 Å². The van der Waals surface area contributed by atoms with Gasteiger partial charge in [0, 0.05) is 6.54 Å². The Morgan fingerprint density at radius 3 is 2.82 bits per heavy atom. The second kappa shape index (κ2) is 3.67. The molecule has 1 rings (SSSR count). The zero-order valence-electron chi connectivity index (χ0n) is 6.22. The van der Waals surface area contributed by atoms with Gasteiger partial charge >= 0.3 is 0 Å². The maximum absolute atomic E-state index is 12.8. The van der Waals surface area contributed by atoms with Gasteiger partial charge in [0.15, 0.2) is 0 Å². The molecule has 1 aromatic rings. The molecule has 1 aromatic heterocycles. The second-order valence-corrected chi connectivity index (χ2v) is 2.61. The summed E-state index contributed by atoms with van der Waals surface area (Å²) in [6, 6.07) is 0. The number of nitrogens with zero attached hydrogens (tertiary/aromatic N) is 3. The molecule has 0 spiro atoms. The van der Waals surface area contributed by atoms with E-state index in [4.69, 9.17) is 11.6 Å². The first-order valence-corrected chi connectivity index (χ1v) is 3.88. The van der Waals surface area contributed by atoms with E-state index in [0.717, 1.165) is 12.8 Å². The van der Waals surface area contributed by atoms with Gasteiger partial charge in [-0.25, -0.2) is 4.68 Å². The van der Waals surface area contributed by atoms with Gasteiger partial charge in [-0.05, 0) is 6.42 Å². The van der Waals surface area contributed by atoms with Gasteiger partial charge in [-0.15, -0.1) is 5.10 Å². The molecule has 0 aromatic carbocycles. The predicted octanol–water partition coefficient (Wildman–Crippen LogP) is 1.87. The van der Waals surface area contributed by atoms with Crippen LogP contribution in [0.3, 0.4) is 0 Å². The van der Waals surface area contributed by atoms with Gasteiger partial charge in [-0.2, -0.15) is 4.39 Å². The molecule has 0 aliphatic heterocycles. The molecule has 3 nitrogen and oxygen atoms in total. The third kappa shape index (κ3) is 1.89. The van der Waals surface area contributed by atoms with Crippen LogP contribution in [0.25, 0.3) is 0 Å². The highest BCUT2D eigenvalue weighted by molar-refractivity contribution is 6.29. The van der Waals surface area contributed by atoms with E-state index in [2.05, 4.69) is 10.3 Å². The zero-order valence-corrected chi connectivity index (χ0v) is 6.97. The monoisotopic (exact) mass is 177 g/mol. The van der Waals surface area contributed by atoms with Crippen LogP contribution in [0.5, 0.6) is 0 Å². The van der Waals surface area contributed by atoms with Crippen LogP contribution in [0.2, 0.25) is 5.15 Å². The molecule has 0 bridgehead atoms. The largest absolute Gasteiger partial charge is 0.250 e. The molecule has 0 aliphatic rings. The minimum absolute atomic E-state index is 0.152. The van der Waals surface area contributed by atoms with Crippen LogP contribution in [-0.4, -0.2) is 15.0 Å². The molecule has 0 fully saturated rings. The summed E-state index contributed by atoms with van der Waals surface area (Å²) < 4.78 is 14.0. The molecule has 0 saturated carbocycles. The maximum Gasteiger partial charge on any atom is 0.250 e. The molecular formula is C6H9ClFN3. The van der Waals surface area contributed by atoms with E-state index < -0.39 is 5.95 Å². The lowest BCUT2D eigenvalue weighted by atomic mass is 10.3. The Kier molecular flexibility index (Phi) is 2.82. The Bertz CT molecular complexity index is 236. The Balaban J connectivity index is 2.63. The van der Waals surface area contributed by atoms with Crippen LogP contribution in [0, 0.1) is 5.95 Å². The minimum Gasteiger partial charge on any atom is -0.218 e. The summed E-state index contributed by atoms with van der Waals surface area (Å²) in [6.07, 6.45) is 1.88. The van der Waals surface area contributed by atoms with E-state index in [-0.39, 0.29) is 5.15 Å². The van der Waals surface area contributed by atoms with Crippen molar-refractivity contribution in [2.24, 2.45) is 0 Å². The number of rotatable bonds is 3. The van der Waals surface area contributed by atoms with Crippen LogP contribution < -0.4 is 0 Å². The maximum atomic E-state index is 12.8.